The van der Waals surface area contributed by atoms with Gasteiger partial charge in [0.2, 0.25) is 0 Å². The van der Waals surface area contributed by atoms with Gasteiger partial charge < -0.3 is 14.4 Å². The first-order valence-corrected chi connectivity index (χ1v) is 5.50. The van der Waals surface area contributed by atoms with Gasteiger partial charge in [0.15, 0.2) is 0 Å². The summed E-state index contributed by atoms with van der Waals surface area (Å²) in [6.07, 6.45) is -3.78. The minimum Gasteiger partial charge on any atom is -0.477 e. The zero-order valence-electron chi connectivity index (χ0n) is 9.41. The summed E-state index contributed by atoms with van der Waals surface area (Å²) in [4.78, 5) is 11.0. The van der Waals surface area contributed by atoms with E-state index in [4.69, 9.17) is 9.84 Å². The van der Waals surface area contributed by atoms with Crippen molar-refractivity contribution in [2.24, 2.45) is 0 Å². The van der Waals surface area contributed by atoms with Crippen molar-refractivity contribution in [1.29, 1.82) is 0 Å². The molecule has 100 valence electrons. The number of hydrogen-bond donors (Lipinski definition) is 1. The highest BCUT2D eigenvalue weighted by Gasteiger charge is 2.38. The van der Waals surface area contributed by atoms with Gasteiger partial charge in [0.05, 0.1) is 0 Å². The number of nitrogens with zero attached hydrogens (tertiary/aromatic N) is 1. The molecular formula is C11H12F3NO3. The van der Waals surface area contributed by atoms with Crippen LogP contribution in [0.15, 0.2) is 12.1 Å². The summed E-state index contributed by atoms with van der Waals surface area (Å²) >= 11 is 0. The standard InChI is InChI=1S/C11H12F3NO3/c12-11(13,14)9-2-1-8(10(16)17)15(9)7-3-5-18-6-4-7/h1-2,7H,3-6H2,(H,16,17). The highest BCUT2D eigenvalue weighted by Crippen LogP contribution is 2.35. The monoisotopic (exact) mass is 263 g/mol. The average Bonchev–Trinajstić information content (AvgIpc) is 2.74. The maximum atomic E-state index is 12.8. The minimum atomic E-state index is -4.55. The maximum Gasteiger partial charge on any atom is 0.431 e. The van der Waals surface area contributed by atoms with Crippen LogP contribution in [-0.4, -0.2) is 28.9 Å². The molecule has 2 rings (SSSR count). The second kappa shape index (κ2) is 4.64. The number of carboxylic acids is 1. The number of aromatic carboxylic acids is 1. The molecule has 0 unspecified atom stereocenters. The van der Waals surface area contributed by atoms with E-state index in [0.717, 1.165) is 16.7 Å². The Morgan fingerprint density at radius 2 is 1.94 bits per heavy atom. The average molecular weight is 263 g/mol. The number of carbonyl (C=O) groups is 1. The molecule has 7 heteroatoms. The summed E-state index contributed by atoms with van der Waals surface area (Å²) in [5.41, 5.74) is -1.24. The predicted molar refractivity (Wildman–Crippen MR) is 55.5 cm³/mol. The molecule has 0 saturated carbocycles. The molecule has 1 N–H and O–H groups in total. The minimum absolute atomic E-state index is 0.325. The normalized spacial score (nSPS) is 17.9. The molecule has 1 fully saturated rings. The highest BCUT2D eigenvalue weighted by molar-refractivity contribution is 5.86. The van der Waals surface area contributed by atoms with Gasteiger partial charge in [-0.2, -0.15) is 13.2 Å². The van der Waals surface area contributed by atoms with E-state index in [0.29, 0.717) is 26.1 Å². The van der Waals surface area contributed by atoms with E-state index in [1.165, 1.54) is 0 Å². The van der Waals surface area contributed by atoms with Crippen molar-refractivity contribution in [1.82, 2.24) is 4.57 Å². The van der Waals surface area contributed by atoms with Crippen LogP contribution in [0.3, 0.4) is 0 Å². The molecule has 4 nitrogen and oxygen atoms in total. The maximum absolute atomic E-state index is 12.8. The molecule has 18 heavy (non-hydrogen) atoms. The van der Waals surface area contributed by atoms with Gasteiger partial charge in [-0.25, -0.2) is 4.79 Å². The van der Waals surface area contributed by atoms with E-state index in [9.17, 15) is 18.0 Å². The summed E-state index contributed by atoms with van der Waals surface area (Å²) < 4.78 is 44.5. The zero-order chi connectivity index (χ0) is 13.3. The van der Waals surface area contributed by atoms with Crippen molar-refractivity contribution in [2.75, 3.05) is 13.2 Å². The fraction of sp³-hybridized carbons (Fsp3) is 0.545. The van der Waals surface area contributed by atoms with Crippen LogP contribution in [0.25, 0.3) is 0 Å². The molecule has 1 aliphatic rings. The molecule has 0 atom stereocenters. The summed E-state index contributed by atoms with van der Waals surface area (Å²) in [5.74, 6) is -1.35. The Labute approximate surface area is 101 Å². The molecule has 2 heterocycles. The van der Waals surface area contributed by atoms with Crippen molar-refractivity contribution in [3.63, 3.8) is 0 Å². The zero-order valence-corrected chi connectivity index (χ0v) is 9.41. The van der Waals surface area contributed by atoms with Crippen LogP contribution in [0, 0.1) is 0 Å². The number of carboxylic acid groups (broad SMARTS) is 1. The molecule has 0 amide bonds. The molecular weight excluding hydrogens is 251 g/mol. The second-order valence-corrected chi connectivity index (χ2v) is 4.12. The van der Waals surface area contributed by atoms with E-state index in [1.54, 1.807) is 0 Å². The van der Waals surface area contributed by atoms with Gasteiger partial charge in [0.1, 0.15) is 11.4 Å². The van der Waals surface area contributed by atoms with Crippen molar-refractivity contribution >= 4 is 5.97 Å². The third-order valence-corrected chi connectivity index (χ3v) is 2.98. The van der Waals surface area contributed by atoms with Crippen LogP contribution in [0.1, 0.15) is 35.1 Å². The predicted octanol–water partition coefficient (Wildman–Crippen LogP) is 2.56. The van der Waals surface area contributed by atoms with Gasteiger partial charge in [-0.3, -0.25) is 0 Å². The van der Waals surface area contributed by atoms with Gasteiger partial charge in [0.25, 0.3) is 0 Å². The third-order valence-electron chi connectivity index (χ3n) is 2.98. The first-order valence-electron chi connectivity index (χ1n) is 5.50. The number of aromatic nitrogens is 1. The first-order chi connectivity index (χ1) is 8.41. The number of alkyl halides is 3. The van der Waals surface area contributed by atoms with Crippen molar-refractivity contribution in [3.8, 4) is 0 Å². The Morgan fingerprint density at radius 3 is 2.44 bits per heavy atom. The van der Waals surface area contributed by atoms with E-state index in [1.807, 2.05) is 0 Å². The van der Waals surface area contributed by atoms with Crippen LogP contribution in [-0.2, 0) is 10.9 Å². The molecule has 0 spiro atoms. The topological polar surface area (TPSA) is 51.5 Å². The lowest BCUT2D eigenvalue weighted by atomic mass is 10.1. The van der Waals surface area contributed by atoms with Crippen LogP contribution < -0.4 is 0 Å². The van der Waals surface area contributed by atoms with E-state index in [2.05, 4.69) is 0 Å². The molecule has 1 aromatic rings. The molecule has 0 aliphatic carbocycles. The van der Waals surface area contributed by atoms with Crippen LogP contribution in [0.5, 0.6) is 0 Å². The second-order valence-electron chi connectivity index (χ2n) is 4.12. The van der Waals surface area contributed by atoms with E-state index >= 15 is 0 Å². The first kappa shape index (κ1) is 12.9. The van der Waals surface area contributed by atoms with Crippen molar-refractivity contribution < 1.29 is 27.8 Å². The summed E-state index contributed by atoms with van der Waals surface area (Å²) in [6.45, 7) is 0.693. The van der Waals surface area contributed by atoms with Gasteiger partial charge in [0, 0.05) is 19.3 Å². The molecule has 0 bridgehead atoms. The smallest absolute Gasteiger partial charge is 0.431 e. The van der Waals surface area contributed by atoms with Gasteiger partial charge >= 0.3 is 12.1 Å². The summed E-state index contributed by atoms with van der Waals surface area (Å²) in [7, 11) is 0. The van der Waals surface area contributed by atoms with Crippen LogP contribution in [0.4, 0.5) is 13.2 Å². The SMILES string of the molecule is O=C(O)c1ccc(C(F)(F)F)n1C1CCOCC1. The lowest BCUT2D eigenvalue weighted by Crippen LogP contribution is -2.26. The Hall–Kier alpha value is -1.50. The molecule has 1 saturated heterocycles. The van der Waals surface area contributed by atoms with Gasteiger partial charge in [-0.15, -0.1) is 0 Å². The molecule has 1 aliphatic heterocycles. The Kier molecular flexibility index (Phi) is 3.34. The number of hydrogen-bond acceptors (Lipinski definition) is 2. The lowest BCUT2D eigenvalue weighted by molar-refractivity contribution is -0.145. The van der Waals surface area contributed by atoms with E-state index < -0.39 is 23.9 Å². The summed E-state index contributed by atoms with van der Waals surface area (Å²) in [5, 5.41) is 8.96. The van der Waals surface area contributed by atoms with Crippen molar-refractivity contribution in [3.05, 3.63) is 23.5 Å². The number of rotatable bonds is 2. The molecule has 0 radical (unpaired) electrons. The fourth-order valence-corrected chi connectivity index (χ4v) is 2.19. The summed E-state index contributed by atoms with van der Waals surface area (Å²) in [6, 6.07) is 1.34. The van der Waals surface area contributed by atoms with Gasteiger partial charge in [-0.05, 0) is 25.0 Å². The fourth-order valence-electron chi connectivity index (χ4n) is 2.19. The Bertz CT molecular complexity index is 447. The molecule has 1 aromatic heterocycles. The van der Waals surface area contributed by atoms with Crippen LogP contribution >= 0.6 is 0 Å². The third kappa shape index (κ3) is 2.35. The Balaban J connectivity index is 2.46. The van der Waals surface area contributed by atoms with Gasteiger partial charge in [-0.1, -0.05) is 0 Å². The number of ether oxygens (including phenoxy) is 1. The largest absolute Gasteiger partial charge is 0.477 e. The molecule has 0 aromatic carbocycles. The quantitative estimate of drug-likeness (QED) is 0.892. The van der Waals surface area contributed by atoms with Crippen LogP contribution in [0.2, 0.25) is 0 Å². The Morgan fingerprint density at radius 1 is 1.33 bits per heavy atom. The number of halogens is 3. The van der Waals surface area contributed by atoms with Crippen molar-refractivity contribution in [2.45, 2.75) is 25.1 Å². The van der Waals surface area contributed by atoms with E-state index in [-0.39, 0.29) is 5.69 Å². The lowest BCUT2D eigenvalue weighted by Gasteiger charge is -2.27. The highest BCUT2D eigenvalue weighted by atomic mass is 19.4.